The number of hydrogen-bond acceptors (Lipinski definition) is 3. The first-order valence-electron chi connectivity index (χ1n) is 6.49. The molecule has 20 heavy (non-hydrogen) atoms. The van der Waals surface area contributed by atoms with E-state index in [1.807, 2.05) is 30.3 Å². The van der Waals surface area contributed by atoms with Gasteiger partial charge in [-0.25, -0.2) is 4.98 Å². The molecule has 1 aromatic carbocycles. The highest BCUT2D eigenvalue weighted by Crippen LogP contribution is 2.27. The van der Waals surface area contributed by atoms with Crippen LogP contribution in [0.5, 0.6) is 0 Å². The zero-order chi connectivity index (χ0) is 14.5. The lowest BCUT2D eigenvalue weighted by Gasteiger charge is -2.19. The van der Waals surface area contributed by atoms with Gasteiger partial charge in [0.1, 0.15) is 5.82 Å². The van der Waals surface area contributed by atoms with E-state index in [0.29, 0.717) is 15.9 Å². The molecule has 0 fully saturated rings. The molecule has 1 heterocycles. The second-order valence-electron chi connectivity index (χ2n) is 4.54. The topological polar surface area (TPSA) is 50.9 Å². The van der Waals surface area contributed by atoms with Gasteiger partial charge in [-0.15, -0.1) is 0 Å². The van der Waals surface area contributed by atoms with Crippen molar-refractivity contribution in [2.45, 2.75) is 19.4 Å². The normalized spacial score (nSPS) is 12.3. The van der Waals surface area contributed by atoms with Crippen LogP contribution in [0, 0.1) is 0 Å². The van der Waals surface area contributed by atoms with Crippen LogP contribution in [-0.2, 0) is 6.42 Å². The van der Waals surface area contributed by atoms with Gasteiger partial charge in [-0.05, 0) is 42.3 Å². The third kappa shape index (κ3) is 3.63. The Hall–Kier alpha value is -1.29. The van der Waals surface area contributed by atoms with Crippen LogP contribution in [0.15, 0.2) is 36.5 Å². The maximum absolute atomic E-state index is 6.10. The van der Waals surface area contributed by atoms with Crippen molar-refractivity contribution in [1.29, 1.82) is 0 Å². The van der Waals surface area contributed by atoms with Gasteiger partial charge in [-0.1, -0.05) is 42.3 Å². The van der Waals surface area contributed by atoms with Gasteiger partial charge >= 0.3 is 0 Å². The third-order valence-electron chi connectivity index (χ3n) is 3.15. The summed E-state index contributed by atoms with van der Waals surface area (Å²) in [6, 6.07) is 9.70. The molecule has 0 aliphatic heterocycles. The van der Waals surface area contributed by atoms with E-state index in [1.54, 1.807) is 6.20 Å². The van der Waals surface area contributed by atoms with Gasteiger partial charge in [0.25, 0.3) is 0 Å². The van der Waals surface area contributed by atoms with E-state index >= 15 is 0 Å². The molecule has 106 valence electrons. The quantitative estimate of drug-likeness (QED) is 0.881. The van der Waals surface area contributed by atoms with Crippen molar-refractivity contribution in [3.05, 3.63) is 57.7 Å². The second-order valence-corrected chi connectivity index (χ2v) is 5.35. The summed E-state index contributed by atoms with van der Waals surface area (Å²) in [6.07, 6.45) is 2.45. The number of nitrogens with zero attached hydrogens (tertiary/aromatic N) is 1. The Balaban J connectivity index is 2.27. The van der Waals surface area contributed by atoms with Gasteiger partial charge in [0.05, 0.1) is 10.0 Å². The minimum Gasteiger partial charge on any atom is -0.383 e. The lowest BCUT2D eigenvalue weighted by Crippen LogP contribution is -2.23. The highest BCUT2D eigenvalue weighted by atomic mass is 35.5. The number of benzene rings is 1. The molecule has 0 saturated heterocycles. The molecule has 0 aliphatic carbocycles. The molecular formula is C15H17Cl2N3. The van der Waals surface area contributed by atoms with E-state index in [2.05, 4.69) is 17.2 Å². The standard InChI is InChI=1S/C15H17Cl2N3/c1-2-19-14(9-11-4-3-7-20-15(11)18)10-5-6-12(16)13(17)8-10/h3-8,14,19H,2,9H2,1H3,(H2,18,20). The number of aromatic nitrogens is 1. The Labute approximate surface area is 129 Å². The van der Waals surface area contributed by atoms with E-state index in [9.17, 15) is 0 Å². The monoisotopic (exact) mass is 309 g/mol. The minimum atomic E-state index is 0.126. The van der Waals surface area contributed by atoms with Crippen LogP contribution < -0.4 is 11.1 Å². The number of hydrogen-bond donors (Lipinski definition) is 2. The van der Waals surface area contributed by atoms with Crippen LogP contribution in [-0.4, -0.2) is 11.5 Å². The highest BCUT2D eigenvalue weighted by Gasteiger charge is 2.14. The van der Waals surface area contributed by atoms with Crippen molar-refractivity contribution < 1.29 is 0 Å². The number of nitrogen functional groups attached to an aromatic ring is 1. The summed E-state index contributed by atoms with van der Waals surface area (Å²) < 4.78 is 0. The smallest absolute Gasteiger partial charge is 0.126 e. The predicted molar refractivity (Wildman–Crippen MR) is 85.2 cm³/mol. The van der Waals surface area contributed by atoms with Crippen LogP contribution >= 0.6 is 23.2 Å². The van der Waals surface area contributed by atoms with Crippen LogP contribution in [0.1, 0.15) is 24.1 Å². The fraction of sp³-hybridized carbons (Fsp3) is 0.267. The molecule has 0 saturated carbocycles. The molecule has 0 radical (unpaired) electrons. The molecule has 0 spiro atoms. The first kappa shape index (κ1) is 15.1. The number of nitrogens with two attached hydrogens (primary N) is 1. The molecule has 0 amide bonds. The minimum absolute atomic E-state index is 0.126. The number of halogens is 2. The van der Waals surface area contributed by atoms with Crippen molar-refractivity contribution >= 4 is 29.0 Å². The molecule has 3 N–H and O–H groups in total. The average Bonchev–Trinajstić information content (AvgIpc) is 2.44. The first-order valence-corrected chi connectivity index (χ1v) is 7.25. The summed E-state index contributed by atoms with van der Waals surface area (Å²) in [4.78, 5) is 4.12. The molecule has 1 atom stereocenters. The van der Waals surface area contributed by atoms with E-state index in [4.69, 9.17) is 28.9 Å². The maximum Gasteiger partial charge on any atom is 0.126 e. The predicted octanol–water partition coefficient (Wildman–Crippen LogP) is 3.86. The average molecular weight is 310 g/mol. The summed E-state index contributed by atoms with van der Waals surface area (Å²) in [6.45, 7) is 2.92. The van der Waals surface area contributed by atoms with Crippen molar-refractivity contribution in [2.24, 2.45) is 0 Å². The zero-order valence-corrected chi connectivity index (χ0v) is 12.7. The molecule has 3 nitrogen and oxygen atoms in total. The van der Waals surface area contributed by atoms with Gasteiger partial charge in [0.15, 0.2) is 0 Å². The maximum atomic E-state index is 6.10. The SMILES string of the molecule is CCNC(Cc1cccnc1N)c1ccc(Cl)c(Cl)c1. The number of likely N-dealkylation sites (N-methyl/N-ethyl adjacent to an activating group) is 1. The Morgan fingerprint density at radius 2 is 2.05 bits per heavy atom. The fourth-order valence-corrected chi connectivity index (χ4v) is 2.43. The van der Waals surface area contributed by atoms with Crippen LogP contribution in [0.4, 0.5) is 5.82 Å². The summed E-state index contributed by atoms with van der Waals surface area (Å²) >= 11 is 12.1. The summed E-state index contributed by atoms with van der Waals surface area (Å²) in [7, 11) is 0. The van der Waals surface area contributed by atoms with E-state index < -0.39 is 0 Å². The molecule has 2 aromatic rings. The van der Waals surface area contributed by atoms with Gasteiger partial charge in [-0.2, -0.15) is 0 Å². The van der Waals surface area contributed by atoms with Crippen LogP contribution in [0.25, 0.3) is 0 Å². The van der Waals surface area contributed by atoms with E-state index in [0.717, 1.165) is 24.1 Å². The van der Waals surface area contributed by atoms with Crippen molar-refractivity contribution in [1.82, 2.24) is 10.3 Å². The van der Waals surface area contributed by atoms with Gasteiger partial charge < -0.3 is 11.1 Å². The lowest BCUT2D eigenvalue weighted by atomic mass is 9.99. The Morgan fingerprint density at radius 3 is 2.70 bits per heavy atom. The zero-order valence-electron chi connectivity index (χ0n) is 11.2. The number of pyridine rings is 1. The van der Waals surface area contributed by atoms with Crippen molar-refractivity contribution in [2.75, 3.05) is 12.3 Å². The first-order chi connectivity index (χ1) is 9.61. The van der Waals surface area contributed by atoms with E-state index in [1.165, 1.54) is 0 Å². The van der Waals surface area contributed by atoms with Crippen LogP contribution in [0.3, 0.4) is 0 Å². The summed E-state index contributed by atoms with van der Waals surface area (Å²) in [5.74, 6) is 0.565. The lowest BCUT2D eigenvalue weighted by molar-refractivity contribution is 0.550. The summed E-state index contributed by atoms with van der Waals surface area (Å²) in [5.41, 5.74) is 8.02. The Kier molecular flexibility index (Phi) is 5.24. The van der Waals surface area contributed by atoms with Crippen molar-refractivity contribution in [3.63, 3.8) is 0 Å². The molecule has 0 bridgehead atoms. The fourth-order valence-electron chi connectivity index (χ4n) is 2.13. The number of nitrogens with one attached hydrogen (secondary N) is 1. The molecule has 1 unspecified atom stereocenters. The third-order valence-corrected chi connectivity index (χ3v) is 3.89. The highest BCUT2D eigenvalue weighted by molar-refractivity contribution is 6.42. The van der Waals surface area contributed by atoms with Gasteiger partial charge in [-0.3, -0.25) is 0 Å². The Morgan fingerprint density at radius 1 is 1.25 bits per heavy atom. The van der Waals surface area contributed by atoms with Gasteiger partial charge in [0.2, 0.25) is 0 Å². The molecule has 5 heteroatoms. The number of rotatable bonds is 5. The van der Waals surface area contributed by atoms with Gasteiger partial charge in [0, 0.05) is 12.2 Å². The summed E-state index contributed by atoms with van der Waals surface area (Å²) in [5, 5.41) is 4.56. The second kappa shape index (κ2) is 6.93. The molecule has 2 rings (SSSR count). The molecule has 1 aromatic heterocycles. The van der Waals surface area contributed by atoms with Crippen molar-refractivity contribution in [3.8, 4) is 0 Å². The number of anilines is 1. The largest absolute Gasteiger partial charge is 0.383 e. The molecular weight excluding hydrogens is 293 g/mol. The Bertz CT molecular complexity index is 587. The molecule has 0 aliphatic rings. The van der Waals surface area contributed by atoms with E-state index in [-0.39, 0.29) is 6.04 Å². The van der Waals surface area contributed by atoms with Crippen LogP contribution in [0.2, 0.25) is 10.0 Å².